The van der Waals surface area contributed by atoms with Crippen molar-refractivity contribution in [1.29, 1.82) is 0 Å². The van der Waals surface area contributed by atoms with Gasteiger partial charge in [-0.2, -0.15) is 10.2 Å². The average Bonchev–Trinajstić information content (AvgIpc) is 2.64. The Hall–Kier alpha value is -3.01. The van der Waals surface area contributed by atoms with E-state index < -0.39 is 0 Å². The number of anilines is 1. The van der Waals surface area contributed by atoms with Crippen molar-refractivity contribution in [2.45, 2.75) is 27.2 Å². The van der Waals surface area contributed by atoms with Crippen LogP contribution in [-0.2, 0) is 0 Å². The summed E-state index contributed by atoms with van der Waals surface area (Å²) in [7, 11) is 1.53. The van der Waals surface area contributed by atoms with E-state index in [-0.39, 0.29) is 17.4 Å². The van der Waals surface area contributed by atoms with Crippen molar-refractivity contribution in [2.75, 3.05) is 12.4 Å². The molecule has 2 rings (SSSR count). The van der Waals surface area contributed by atoms with Gasteiger partial charge in [-0.15, -0.1) is 0 Å². The van der Waals surface area contributed by atoms with E-state index in [9.17, 15) is 4.39 Å². The SMILES string of the molecule is C=C/C=C(/c1cc(C)c(N=NC)c(F)c1)C(C)CC(=C)Nc1ccccc1C. The lowest BCUT2D eigenvalue weighted by atomic mass is 9.89. The van der Waals surface area contributed by atoms with Crippen LogP contribution in [0.25, 0.3) is 5.57 Å². The summed E-state index contributed by atoms with van der Waals surface area (Å²) in [6.07, 6.45) is 4.38. The van der Waals surface area contributed by atoms with Crippen molar-refractivity contribution in [3.8, 4) is 0 Å². The van der Waals surface area contributed by atoms with Crippen LogP contribution in [0, 0.1) is 25.6 Å². The van der Waals surface area contributed by atoms with Crippen LogP contribution in [0.5, 0.6) is 0 Å². The molecule has 1 unspecified atom stereocenters. The zero-order valence-corrected chi connectivity index (χ0v) is 17.1. The highest BCUT2D eigenvalue weighted by Crippen LogP contribution is 2.33. The van der Waals surface area contributed by atoms with Crippen molar-refractivity contribution in [1.82, 2.24) is 0 Å². The van der Waals surface area contributed by atoms with Gasteiger partial charge in [0.2, 0.25) is 0 Å². The minimum absolute atomic E-state index is 0.125. The number of nitrogens with zero attached hydrogens (tertiary/aromatic N) is 2. The fourth-order valence-electron chi connectivity index (χ4n) is 3.24. The van der Waals surface area contributed by atoms with Crippen LogP contribution in [0.15, 0.2) is 77.6 Å². The third-order valence-electron chi connectivity index (χ3n) is 4.62. The fraction of sp³-hybridized carbons (Fsp3) is 0.250. The monoisotopic (exact) mass is 377 g/mol. The standard InChI is InChI=1S/C24H28FN3/c1-7-10-21(20-14-18(4)24(28-26-6)22(25)15-20)17(3)13-19(5)27-23-12-9-8-11-16(23)2/h7-12,14-15,17,27H,1,5,13H2,2-4,6H3/b21-10+,28-26?. The number of allylic oxidation sites excluding steroid dienone is 4. The highest BCUT2D eigenvalue weighted by Gasteiger charge is 2.16. The Labute approximate surface area is 167 Å². The van der Waals surface area contributed by atoms with Crippen molar-refractivity contribution >= 4 is 16.9 Å². The number of hydrogen-bond acceptors (Lipinski definition) is 3. The molecule has 1 N–H and O–H groups in total. The Morgan fingerprint density at radius 3 is 2.54 bits per heavy atom. The Balaban J connectivity index is 2.24. The van der Waals surface area contributed by atoms with Gasteiger partial charge in [-0.25, -0.2) is 4.39 Å². The first-order valence-electron chi connectivity index (χ1n) is 9.30. The largest absolute Gasteiger partial charge is 0.359 e. The summed E-state index contributed by atoms with van der Waals surface area (Å²) in [4.78, 5) is 0. The maximum Gasteiger partial charge on any atom is 0.151 e. The lowest BCUT2D eigenvalue weighted by Gasteiger charge is -2.20. The molecule has 0 aliphatic heterocycles. The zero-order chi connectivity index (χ0) is 20.7. The molecule has 0 aliphatic carbocycles. The van der Waals surface area contributed by atoms with E-state index in [1.165, 1.54) is 13.1 Å². The third kappa shape index (κ3) is 5.26. The molecule has 0 aromatic heterocycles. The molecule has 3 nitrogen and oxygen atoms in total. The van der Waals surface area contributed by atoms with Crippen LogP contribution >= 0.6 is 0 Å². The number of hydrogen-bond donors (Lipinski definition) is 1. The van der Waals surface area contributed by atoms with Gasteiger partial charge in [-0.3, -0.25) is 0 Å². The van der Waals surface area contributed by atoms with Gasteiger partial charge in [0.15, 0.2) is 5.82 Å². The minimum Gasteiger partial charge on any atom is -0.359 e. The normalized spacial score (nSPS) is 12.8. The topological polar surface area (TPSA) is 36.8 Å². The molecule has 0 saturated heterocycles. The van der Waals surface area contributed by atoms with Gasteiger partial charge in [0.05, 0.1) is 0 Å². The molecule has 1 atom stereocenters. The van der Waals surface area contributed by atoms with Crippen molar-refractivity contribution < 1.29 is 4.39 Å². The van der Waals surface area contributed by atoms with E-state index in [2.05, 4.69) is 48.6 Å². The molecule has 0 saturated carbocycles. The Morgan fingerprint density at radius 1 is 1.21 bits per heavy atom. The van der Waals surface area contributed by atoms with E-state index in [1.54, 1.807) is 6.08 Å². The molecule has 0 heterocycles. The molecule has 0 fully saturated rings. The molecule has 0 amide bonds. The second-order valence-electron chi connectivity index (χ2n) is 6.93. The highest BCUT2D eigenvalue weighted by atomic mass is 19.1. The van der Waals surface area contributed by atoms with E-state index in [0.29, 0.717) is 6.42 Å². The molecule has 0 bridgehead atoms. The van der Waals surface area contributed by atoms with Crippen molar-refractivity contribution in [3.63, 3.8) is 0 Å². The molecule has 2 aromatic rings. The maximum absolute atomic E-state index is 14.5. The van der Waals surface area contributed by atoms with Gasteiger partial charge in [0, 0.05) is 18.4 Å². The first-order chi connectivity index (χ1) is 13.4. The number of rotatable bonds is 8. The fourth-order valence-corrected chi connectivity index (χ4v) is 3.24. The number of nitrogens with one attached hydrogen (secondary N) is 1. The number of aryl methyl sites for hydroxylation is 2. The van der Waals surface area contributed by atoms with Crippen LogP contribution in [0.2, 0.25) is 0 Å². The van der Waals surface area contributed by atoms with Gasteiger partial charge in [-0.05, 0) is 66.6 Å². The summed E-state index contributed by atoms with van der Waals surface area (Å²) in [5.74, 6) is -0.251. The molecule has 4 heteroatoms. The number of halogens is 1. The lowest BCUT2D eigenvalue weighted by Crippen LogP contribution is -2.07. The molecular formula is C24H28FN3. The highest BCUT2D eigenvalue weighted by molar-refractivity contribution is 5.71. The van der Waals surface area contributed by atoms with Gasteiger partial charge < -0.3 is 5.32 Å². The number of para-hydroxylation sites is 1. The van der Waals surface area contributed by atoms with Crippen LogP contribution in [0.1, 0.15) is 30.0 Å². The molecule has 28 heavy (non-hydrogen) atoms. The molecule has 0 radical (unpaired) electrons. The molecule has 146 valence electrons. The maximum atomic E-state index is 14.5. The summed E-state index contributed by atoms with van der Waals surface area (Å²) >= 11 is 0. The Morgan fingerprint density at radius 2 is 1.93 bits per heavy atom. The Kier molecular flexibility index (Phi) is 7.44. The smallest absolute Gasteiger partial charge is 0.151 e. The van der Waals surface area contributed by atoms with Crippen LogP contribution in [0.4, 0.5) is 15.8 Å². The average molecular weight is 378 g/mol. The number of azo groups is 1. The summed E-state index contributed by atoms with van der Waals surface area (Å²) < 4.78 is 14.5. The van der Waals surface area contributed by atoms with E-state index in [4.69, 9.17) is 0 Å². The predicted molar refractivity (Wildman–Crippen MR) is 117 cm³/mol. The van der Waals surface area contributed by atoms with Crippen LogP contribution in [0.3, 0.4) is 0 Å². The first-order valence-corrected chi connectivity index (χ1v) is 9.30. The zero-order valence-electron chi connectivity index (χ0n) is 17.1. The van der Waals surface area contributed by atoms with Gasteiger partial charge in [-0.1, -0.05) is 50.4 Å². The second-order valence-corrected chi connectivity index (χ2v) is 6.93. The van der Waals surface area contributed by atoms with Gasteiger partial charge >= 0.3 is 0 Å². The molecule has 0 spiro atoms. The van der Waals surface area contributed by atoms with Crippen LogP contribution < -0.4 is 5.32 Å². The van der Waals surface area contributed by atoms with Crippen molar-refractivity contribution in [3.05, 3.63) is 89.9 Å². The number of benzene rings is 2. The quantitative estimate of drug-likeness (QED) is 0.378. The summed E-state index contributed by atoms with van der Waals surface area (Å²) in [6.45, 7) is 14.0. The van der Waals surface area contributed by atoms with Gasteiger partial charge in [0.25, 0.3) is 0 Å². The van der Waals surface area contributed by atoms with Gasteiger partial charge in [0.1, 0.15) is 5.69 Å². The van der Waals surface area contributed by atoms with E-state index in [0.717, 1.165) is 33.6 Å². The first kappa shape index (κ1) is 21.3. The summed E-state index contributed by atoms with van der Waals surface area (Å²) in [5.41, 5.74) is 5.97. The summed E-state index contributed by atoms with van der Waals surface area (Å²) in [6, 6.07) is 11.6. The van der Waals surface area contributed by atoms with Crippen LogP contribution in [-0.4, -0.2) is 7.05 Å². The molecule has 0 aliphatic rings. The van der Waals surface area contributed by atoms with E-state index >= 15 is 0 Å². The third-order valence-corrected chi connectivity index (χ3v) is 4.62. The predicted octanol–water partition coefficient (Wildman–Crippen LogP) is 7.38. The van der Waals surface area contributed by atoms with Crippen molar-refractivity contribution in [2.24, 2.45) is 16.1 Å². The Bertz CT molecular complexity index is 902. The lowest BCUT2D eigenvalue weighted by molar-refractivity contribution is 0.625. The molecular weight excluding hydrogens is 349 g/mol. The summed E-state index contributed by atoms with van der Waals surface area (Å²) in [5, 5.41) is 11.0. The molecule has 2 aromatic carbocycles. The second kappa shape index (κ2) is 9.79. The van der Waals surface area contributed by atoms with E-state index in [1.807, 2.05) is 37.3 Å². The minimum atomic E-state index is -0.375.